The van der Waals surface area contributed by atoms with E-state index in [0.29, 0.717) is 25.1 Å². The molecule has 0 bridgehead atoms. The molecule has 0 aliphatic rings. The van der Waals surface area contributed by atoms with Gasteiger partial charge in [0.1, 0.15) is 0 Å². The van der Waals surface area contributed by atoms with Crippen molar-refractivity contribution in [1.29, 1.82) is 0 Å². The van der Waals surface area contributed by atoms with Gasteiger partial charge in [-0.3, -0.25) is 4.79 Å². The lowest BCUT2D eigenvalue weighted by molar-refractivity contribution is -0.116. The molecule has 0 fully saturated rings. The highest BCUT2D eigenvalue weighted by molar-refractivity contribution is 5.90. The molecule has 5 heteroatoms. The molecule has 1 unspecified atom stereocenters. The second-order valence-electron chi connectivity index (χ2n) is 4.53. The van der Waals surface area contributed by atoms with Crippen LogP contribution in [0.1, 0.15) is 25.2 Å². The summed E-state index contributed by atoms with van der Waals surface area (Å²) in [7, 11) is 3.86. The summed E-state index contributed by atoms with van der Waals surface area (Å²) < 4.78 is 5.08. The van der Waals surface area contributed by atoms with Crippen molar-refractivity contribution in [2.24, 2.45) is 0 Å². The van der Waals surface area contributed by atoms with Gasteiger partial charge in [0.15, 0.2) is 6.29 Å². The van der Waals surface area contributed by atoms with Gasteiger partial charge in [-0.25, -0.2) is 0 Å². The summed E-state index contributed by atoms with van der Waals surface area (Å²) in [6, 6.07) is 6.99. The van der Waals surface area contributed by atoms with Crippen LogP contribution in [-0.2, 0) is 9.53 Å². The zero-order chi connectivity index (χ0) is 14.3. The van der Waals surface area contributed by atoms with E-state index in [1.165, 1.54) is 0 Å². The first-order chi connectivity index (χ1) is 9.02. The van der Waals surface area contributed by atoms with E-state index in [1.54, 1.807) is 24.3 Å². The summed E-state index contributed by atoms with van der Waals surface area (Å²) >= 11 is 0. The van der Waals surface area contributed by atoms with E-state index in [2.05, 4.69) is 5.32 Å². The fourth-order valence-corrected chi connectivity index (χ4v) is 1.53. The largest absolute Gasteiger partial charge is 0.364 e. The maximum atomic E-state index is 11.6. The van der Waals surface area contributed by atoms with Gasteiger partial charge in [0.25, 0.3) is 0 Å². The molecule has 0 spiro atoms. The Balaban J connectivity index is 2.50. The SMILES string of the molecule is CCOC(O)c1ccc(NC(=O)CCN(C)C)cc1. The van der Waals surface area contributed by atoms with Crippen LogP contribution in [0.2, 0.25) is 0 Å². The molecule has 0 aliphatic carbocycles. The molecule has 19 heavy (non-hydrogen) atoms. The molecule has 0 radical (unpaired) electrons. The summed E-state index contributed by atoms with van der Waals surface area (Å²) in [5.74, 6) is -0.0215. The Morgan fingerprint density at radius 3 is 2.53 bits per heavy atom. The third-order valence-corrected chi connectivity index (χ3v) is 2.59. The third-order valence-electron chi connectivity index (χ3n) is 2.59. The van der Waals surface area contributed by atoms with Crippen LogP contribution in [0.25, 0.3) is 0 Å². The molecule has 1 atom stereocenters. The van der Waals surface area contributed by atoms with Crippen LogP contribution in [0, 0.1) is 0 Å². The van der Waals surface area contributed by atoms with Crippen LogP contribution >= 0.6 is 0 Å². The molecule has 0 saturated carbocycles. The molecule has 1 aromatic carbocycles. The van der Waals surface area contributed by atoms with Gasteiger partial charge in [0, 0.05) is 30.8 Å². The van der Waals surface area contributed by atoms with Gasteiger partial charge < -0.3 is 20.1 Å². The van der Waals surface area contributed by atoms with Crippen LogP contribution < -0.4 is 5.32 Å². The molecule has 1 rings (SSSR count). The molecule has 0 aromatic heterocycles. The number of benzene rings is 1. The number of nitrogens with zero attached hydrogens (tertiary/aromatic N) is 1. The first-order valence-electron chi connectivity index (χ1n) is 6.37. The lowest BCUT2D eigenvalue weighted by Crippen LogP contribution is -2.20. The van der Waals surface area contributed by atoms with Crippen molar-refractivity contribution in [2.45, 2.75) is 19.6 Å². The summed E-state index contributed by atoms with van der Waals surface area (Å²) in [6.07, 6.45) is -0.459. The number of amides is 1. The number of carbonyl (C=O) groups excluding carboxylic acids is 1. The van der Waals surface area contributed by atoms with Gasteiger partial charge in [0.05, 0.1) is 0 Å². The quantitative estimate of drug-likeness (QED) is 0.736. The molecule has 0 aliphatic heterocycles. The predicted molar refractivity (Wildman–Crippen MR) is 74.8 cm³/mol. The fraction of sp³-hybridized carbons (Fsp3) is 0.500. The van der Waals surface area contributed by atoms with Crippen LogP contribution in [0.15, 0.2) is 24.3 Å². The number of nitrogens with one attached hydrogen (secondary N) is 1. The number of hydrogen-bond acceptors (Lipinski definition) is 4. The van der Waals surface area contributed by atoms with Gasteiger partial charge in [-0.15, -0.1) is 0 Å². The van der Waals surface area contributed by atoms with Crippen molar-refractivity contribution in [3.63, 3.8) is 0 Å². The molecular formula is C14H22N2O3. The third kappa shape index (κ3) is 5.83. The lowest BCUT2D eigenvalue weighted by atomic mass is 10.2. The molecule has 0 saturated heterocycles. The standard InChI is InChI=1S/C14H22N2O3/c1-4-19-14(18)11-5-7-12(8-6-11)15-13(17)9-10-16(2)3/h5-8,14,18H,4,9-10H2,1-3H3,(H,15,17). The van der Waals surface area contributed by atoms with E-state index in [1.807, 2.05) is 25.9 Å². The highest BCUT2D eigenvalue weighted by atomic mass is 16.6. The van der Waals surface area contributed by atoms with Crippen molar-refractivity contribution in [2.75, 3.05) is 32.6 Å². The zero-order valence-corrected chi connectivity index (χ0v) is 11.7. The Hall–Kier alpha value is -1.43. The Kier molecular flexibility index (Phi) is 6.49. The second kappa shape index (κ2) is 7.89. The van der Waals surface area contributed by atoms with Gasteiger partial charge in [-0.05, 0) is 33.2 Å². The predicted octanol–water partition coefficient (Wildman–Crippen LogP) is 1.60. The Labute approximate surface area is 114 Å². The molecule has 1 amide bonds. The molecule has 2 N–H and O–H groups in total. The molecule has 106 valence electrons. The van der Waals surface area contributed by atoms with Gasteiger partial charge in [-0.2, -0.15) is 0 Å². The minimum atomic E-state index is -0.913. The molecule has 0 heterocycles. The van der Waals surface area contributed by atoms with E-state index >= 15 is 0 Å². The summed E-state index contributed by atoms with van der Waals surface area (Å²) in [4.78, 5) is 13.6. The minimum Gasteiger partial charge on any atom is -0.364 e. The second-order valence-corrected chi connectivity index (χ2v) is 4.53. The first-order valence-corrected chi connectivity index (χ1v) is 6.37. The van der Waals surface area contributed by atoms with Crippen LogP contribution in [0.5, 0.6) is 0 Å². The van der Waals surface area contributed by atoms with Crippen LogP contribution in [0.3, 0.4) is 0 Å². The molecule has 5 nitrogen and oxygen atoms in total. The van der Waals surface area contributed by atoms with Crippen LogP contribution in [-0.4, -0.2) is 43.2 Å². The van der Waals surface area contributed by atoms with E-state index in [-0.39, 0.29) is 5.91 Å². The Morgan fingerprint density at radius 1 is 1.37 bits per heavy atom. The Morgan fingerprint density at radius 2 is 2.00 bits per heavy atom. The van der Waals surface area contributed by atoms with Gasteiger partial charge >= 0.3 is 0 Å². The molecular weight excluding hydrogens is 244 g/mol. The highest BCUT2D eigenvalue weighted by Gasteiger charge is 2.07. The fourth-order valence-electron chi connectivity index (χ4n) is 1.53. The van der Waals surface area contributed by atoms with Crippen molar-refractivity contribution < 1.29 is 14.6 Å². The lowest BCUT2D eigenvalue weighted by Gasteiger charge is -2.12. The monoisotopic (exact) mass is 266 g/mol. The maximum Gasteiger partial charge on any atom is 0.225 e. The first kappa shape index (κ1) is 15.6. The average molecular weight is 266 g/mol. The number of aliphatic hydroxyl groups is 1. The van der Waals surface area contributed by atoms with E-state index < -0.39 is 6.29 Å². The van der Waals surface area contributed by atoms with Crippen molar-refractivity contribution in [1.82, 2.24) is 4.90 Å². The highest BCUT2D eigenvalue weighted by Crippen LogP contribution is 2.17. The van der Waals surface area contributed by atoms with Crippen LogP contribution in [0.4, 0.5) is 5.69 Å². The average Bonchev–Trinajstić information content (AvgIpc) is 2.37. The normalized spacial score (nSPS) is 12.5. The number of anilines is 1. The van der Waals surface area contributed by atoms with Crippen molar-refractivity contribution in [3.05, 3.63) is 29.8 Å². The number of ether oxygens (including phenoxy) is 1. The van der Waals surface area contributed by atoms with Crippen molar-refractivity contribution in [3.8, 4) is 0 Å². The van der Waals surface area contributed by atoms with E-state index in [4.69, 9.17) is 4.74 Å². The summed E-state index contributed by atoms with van der Waals surface area (Å²) in [5.41, 5.74) is 1.39. The van der Waals surface area contributed by atoms with Gasteiger partial charge in [-0.1, -0.05) is 12.1 Å². The minimum absolute atomic E-state index is 0.0215. The number of aliphatic hydroxyl groups excluding tert-OH is 1. The maximum absolute atomic E-state index is 11.6. The number of carbonyl (C=O) groups is 1. The topological polar surface area (TPSA) is 61.8 Å². The van der Waals surface area contributed by atoms with Crippen molar-refractivity contribution >= 4 is 11.6 Å². The van der Waals surface area contributed by atoms with Gasteiger partial charge in [0.2, 0.25) is 5.91 Å². The molecule has 1 aromatic rings. The van der Waals surface area contributed by atoms with E-state index in [0.717, 1.165) is 5.69 Å². The summed E-state index contributed by atoms with van der Waals surface area (Å²) in [6.45, 7) is 2.99. The zero-order valence-electron chi connectivity index (χ0n) is 11.7. The number of rotatable bonds is 7. The Bertz CT molecular complexity index is 390. The smallest absolute Gasteiger partial charge is 0.225 e. The summed E-state index contributed by atoms with van der Waals surface area (Å²) in [5, 5.41) is 12.4. The number of hydrogen-bond donors (Lipinski definition) is 2. The van der Waals surface area contributed by atoms with E-state index in [9.17, 15) is 9.90 Å².